The number of benzene rings is 3. The van der Waals surface area contributed by atoms with Crippen LogP contribution in [-0.4, -0.2) is 60.0 Å². The van der Waals surface area contributed by atoms with Gasteiger partial charge in [-0.1, -0.05) is 85.7 Å². The summed E-state index contributed by atoms with van der Waals surface area (Å²) in [5, 5.41) is 23.8. The summed E-state index contributed by atoms with van der Waals surface area (Å²) >= 11 is 0. The third-order valence-electron chi connectivity index (χ3n) is 7.57. The van der Waals surface area contributed by atoms with Crippen molar-refractivity contribution in [3.05, 3.63) is 89.0 Å². The van der Waals surface area contributed by atoms with Gasteiger partial charge in [0.1, 0.15) is 6.61 Å². The highest BCUT2D eigenvalue weighted by molar-refractivity contribution is 5.88. The zero-order valence-corrected chi connectivity index (χ0v) is 25.8. The molecule has 3 rings (SSSR count). The summed E-state index contributed by atoms with van der Waals surface area (Å²) in [5.74, 6) is -3.39. The van der Waals surface area contributed by atoms with E-state index in [1.165, 1.54) is 27.5 Å². The third-order valence-corrected chi connectivity index (χ3v) is 7.57. The monoisotopic (exact) mass is 603 g/mol. The van der Waals surface area contributed by atoms with Crippen molar-refractivity contribution in [3.8, 4) is 0 Å². The number of rotatable bonds is 20. The number of ether oxygens (including phenoxy) is 2. The van der Waals surface area contributed by atoms with Gasteiger partial charge in [0, 0.05) is 13.2 Å². The van der Waals surface area contributed by atoms with E-state index in [1.807, 2.05) is 12.1 Å². The Hall–Kier alpha value is -4.01. The molecule has 0 aliphatic carbocycles. The van der Waals surface area contributed by atoms with Crippen molar-refractivity contribution >= 4 is 34.7 Å². The first-order chi connectivity index (χ1) is 21.2. The van der Waals surface area contributed by atoms with Gasteiger partial charge < -0.3 is 25.0 Å². The topological polar surface area (TPSA) is 122 Å². The van der Waals surface area contributed by atoms with Crippen LogP contribution in [-0.2, 0) is 30.3 Å². The first-order valence-electron chi connectivity index (χ1n) is 15.4. The molecule has 0 heterocycles. The number of carbonyl (C=O) groups excluding carboxylic acids is 1. The molecule has 0 radical (unpaired) electrons. The maximum Gasteiger partial charge on any atom is 0.336 e. The van der Waals surface area contributed by atoms with E-state index < -0.39 is 36.7 Å². The number of hydrogen-bond donors (Lipinski definition) is 3. The van der Waals surface area contributed by atoms with Crippen molar-refractivity contribution in [2.45, 2.75) is 77.4 Å². The molecule has 0 aliphatic heterocycles. The molecular formula is C36H45NO7. The molecule has 0 aromatic heterocycles. The lowest BCUT2D eigenvalue weighted by molar-refractivity contribution is -0.172. The maximum atomic E-state index is 13.0. The van der Waals surface area contributed by atoms with Crippen LogP contribution in [0.4, 0.5) is 0 Å². The van der Waals surface area contributed by atoms with E-state index in [0.717, 1.165) is 50.5 Å². The van der Waals surface area contributed by atoms with E-state index in [9.17, 15) is 19.5 Å². The molecule has 0 bridgehead atoms. The second kappa shape index (κ2) is 18.6. The molecule has 0 aliphatic rings. The molecule has 236 valence electrons. The molecule has 0 saturated carbocycles. The number of allylic oxidation sites excluding steroid dienone is 1. The zero-order chi connectivity index (χ0) is 31.7. The number of carboxylic acids is 2. The molecule has 3 aromatic rings. The maximum absolute atomic E-state index is 13.0. The Balaban J connectivity index is 1.41. The van der Waals surface area contributed by atoms with Crippen LogP contribution in [0.15, 0.2) is 66.7 Å². The van der Waals surface area contributed by atoms with Crippen molar-refractivity contribution in [1.82, 2.24) is 5.32 Å². The lowest BCUT2D eigenvalue weighted by Crippen LogP contribution is -2.49. The van der Waals surface area contributed by atoms with Gasteiger partial charge in [0.15, 0.2) is 12.2 Å². The Morgan fingerprint density at radius 3 is 2.32 bits per heavy atom. The van der Waals surface area contributed by atoms with E-state index in [-0.39, 0.29) is 6.61 Å². The highest BCUT2D eigenvalue weighted by atomic mass is 16.6. The van der Waals surface area contributed by atoms with Crippen molar-refractivity contribution < 1.29 is 34.1 Å². The number of amides is 1. The van der Waals surface area contributed by atoms with Gasteiger partial charge in [-0.2, -0.15) is 0 Å². The Labute approximate surface area is 260 Å². The standard InChI is InChI=1S/C36H45NO7/c1-26-17-18-28(23-27(26)2)13-7-4-3-5-12-22-43-33(34(36(41)42)44-25-32(38)39)35(40)37-21-11-6-8-14-29-19-20-30-15-9-10-16-31(30)24-29/h7,9-10,13,15-20,23-24,33-34H,3-6,8,11-12,14,21-22,25H2,1-2H3,(H,37,40)(H,38,39)(H,41,42)/b13-7-. The fraction of sp³-hybridized carbons (Fsp3) is 0.417. The van der Waals surface area contributed by atoms with Crippen LogP contribution < -0.4 is 5.32 Å². The molecule has 1 amide bonds. The predicted molar refractivity (Wildman–Crippen MR) is 173 cm³/mol. The highest BCUT2D eigenvalue weighted by Crippen LogP contribution is 2.17. The van der Waals surface area contributed by atoms with Crippen LogP contribution >= 0.6 is 0 Å². The van der Waals surface area contributed by atoms with Gasteiger partial charge in [0.2, 0.25) is 0 Å². The Bertz CT molecular complexity index is 1400. The molecular weight excluding hydrogens is 558 g/mol. The van der Waals surface area contributed by atoms with Gasteiger partial charge in [0.25, 0.3) is 5.91 Å². The smallest absolute Gasteiger partial charge is 0.336 e. The van der Waals surface area contributed by atoms with E-state index >= 15 is 0 Å². The van der Waals surface area contributed by atoms with E-state index in [2.05, 4.69) is 79.8 Å². The second-order valence-corrected chi connectivity index (χ2v) is 11.1. The van der Waals surface area contributed by atoms with Crippen LogP contribution in [0.2, 0.25) is 0 Å². The van der Waals surface area contributed by atoms with E-state index in [0.29, 0.717) is 13.0 Å². The number of fused-ring (bicyclic) bond motifs is 1. The molecule has 0 spiro atoms. The largest absolute Gasteiger partial charge is 0.480 e. The molecule has 8 heteroatoms. The van der Waals surface area contributed by atoms with Crippen molar-refractivity contribution in [2.24, 2.45) is 0 Å². The predicted octanol–water partition coefficient (Wildman–Crippen LogP) is 6.50. The molecule has 8 nitrogen and oxygen atoms in total. The highest BCUT2D eigenvalue weighted by Gasteiger charge is 2.36. The van der Waals surface area contributed by atoms with Crippen LogP contribution in [0.3, 0.4) is 0 Å². The van der Waals surface area contributed by atoms with E-state index in [1.54, 1.807) is 0 Å². The number of unbranched alkanes of at least 4 members (excludes halogenated alkanes) is 5. The normalized spacial score (nSPS) is 12.8. The number of aryl methyl sites for hydroxylation is 3. The van der Waals surface area contributed by atoms with Gasteiger partial charge in [-0.25, -0.2) is 9.59 Å². The van der Waals surface area contributed by atoms with Gasteiger partial charge in [-0.15, -0.1) is 0 Å². The first-order valence-corrected chi connectivity index (χ1v) is 15.4. The SMILES string of the molecule is Cc1ccc(/C=C\CCCCCOC(C(=O)NCCCCCc2ccc3ccccc3c2)C(OCC(=O)O)C(=O)O)cc1C. The lowest BCUT2D eigenvalue weighted by Gasteiger charge is -2.23. The summed E-state index contributed by atoms with van der Waals surface area (Å²) in [6.45, 7) is 3.85. The van der Waals surface area contributed by atoms with Crippen molar-refractivity contribution in [2.75, 3.05) is 19.8 Å². The summed E-state index contributed by atoms with van der Waals surface area (Å²) in [6.07, 6.45) is 7.79. The van der Waals surface area contributed by atoms with Crippen LogP contribution in [0, 0.1) is 13.8 Å². The Kier molecular flexibility index (Phi) is 14.6. The lowest BCUT2D eigenvalue weighted by atomic mass is 10.0. The number of carbonyl (C=O) groups is 3. The third kappa shape index (κ3) is 11.9. The second-order valence-electron chi connectivity index (χ2n) is 11.1. The molecule has 2 atom stereocenters. The molecule has 3 N–H and O–H groups in total. The van der Waals surface area contributed by atoms with Crippen LogP contribution in [0.5, 0.6) is 0 Å². The average Bonchev–Trinajstić information content (AvgIpc) is 3.00. The van der Waals surface area contributed by atoms with Gasteiger partial charge in [-0.05, 0) is 85.4 Å². The Morgan fingerprint density at radius 2 is 1.57 bits per heavy atom. The minimum atomic E-state index is -1.72. The van der Waals surface area contributed by atoms with Crippen LogP contribution in [0.25, 0.3) is 16.8 Å². The van der Waals surface area contributed by atoms with Crippen molar-refractivity contribution in [1.29, 1.82) is 0 Å². The van der Waals surface area contributed by atoms with E-state index in [4.69, 9.17) is 14.6 Å². The van der Waals surface area contributed by atoms with Gasteiger partial charge in [0.05, 0.1) is 0 Å². The summed E-state index contributed by atoms with van der Waals surface area (Å²) in [4.78, 5) is 35.8. The fourth-order valence-electron chi connectivity index (χ4n) is 4.93. The van der Waals surface area contributed by atoms with Crippen molar-refractivity contribution in [3.63, 3.8) is 0 Å². The minimum Gasteiger partial charge on any atom is -0.480 e. The molecule has 0 fully saturated rings. The fourth-order valence-corrected chi connectivity index (χ4v) is 4.93. The Morgan fingerprint density at radius 1 is 0.795 bits per heavy atom. The summed E-state index contributed by atoms with van der Waals surface area (Å²) in [6, 6.07) is 21.1. The molecule has 44 heavy (non-hydrogen) atoms. The molecule has 2 unspecified atom stereocenters. The quantitative estimate of drug-likeness (QED) is 0.126. The van der Waals surface area contributed by atoms with Crippen LogP contribution in [0.1, 0.15) is 67.2 Å². The number of carboxylic acid groups (broad SMARTS) is 2. The first kappa shape index (κ1) is 34.5. The number of nitrogens with one attached hydrogen (secondary N) is 1. The number of aliphatic carboxylic acids is 2. The molecule has 3 aromatic carbocycles. The summed E-state index contributed by atoms with van der Waals surface area (Å²) in [5.41, 5.74) is 4.95. The van der Waals surface area contributed by atoms with Gasteiger partial charge in [-0.3, -0.25) is 4.79 Å². The van der Waals surface area contributed by atoms with Gasteiger partial charge >= 0.3 is 11.9 Å². The summed E-state index contributed by atoms with van der Waals surface area (Å²) < 4.78 is 10.7. The molecule has 0 saturated heterocycles. The summed E-state index contributed by atoms with van der Waals surface area (Å²) in [7, 11) is 0. The minimum absolute atomic E-state index is 0.158. The average molecular weight is 604 g/mol. The zero-order valence-electron chi connectivity index (χ0n) is 25.8. The number of hydrogen-bond acceptors (Lipinski definition) is 5.